The summed E-state index contributed by atoms with van der Waals surface area (Å²) in [6, 6.07) is 12.5. The molecule has 36 heavy (non-hydrogen) atoms. The van der Waals surface area contributed by atoms with Crippen molar-refractivity contribution >= 4 is 41.2 Å². The highest BCUT2D eigenvalue weighted by Gasteiger charge is 2.49. The molecule has 1 spiro atoms. The van der Waals surface area contributed by atoms with Crippen molar-refractivity contribution in [1.82, 2.24) is 4.90 Å². The molecule has 2 aromatic rings. The van der Waals surface area contributed by atoms with E-state index in [2.05, 4.69) is 10.3 Å². The summed E-state index contributed by atoms with van der Waals surface area (Å²) in [6.07, 6.45) is 1.81. The molecule has 0 aromatic heterocycles. The van der Waals surface area contributed by atoms with Crippen LogP contribution in [0.4, 0.5) is 10.5 Å². The molecule has 2 aliphatic heterocycles. The fraction of sp³-hybridized carbons (Fsp3) is 0.407. The summed E-state index contributed by atoms with van der Waals surface area (Å²) in [6.45, 7) is 6.15. The van der Waals surface area contributed by atoms with Crippen LogP contribution in [0.5, 0.6) is 5.75 Å². The first-order valence-electron chi connectivity index (χ1n) is 11.9. The smallest absolute Gasteiger partial charge is 0.412 e. The minimum absolute atomic E-state index is 0.223. The minimum atomic E-state index is -0.682. The van der Waals surface area contributed by atoms with Gasteiger partial charge in [-0.25, -0.2) is 4.79 Å². The van der Waals surface area contributed by atoms with Crippen LogP contribution in [-0.2, 0) is 4.74 Å². The zero-order chi connectivity index (χ0) is 26.1. The second-order valence-corrected chi connectivity index (χ2v) is 10.5. The molecule has 1 saturated heterocycles. The lowest BCUT2D eigenvalue weighted by Crippen LogP contribution is -2.58. The summed E-state index contributed by atoms with van der Waals surface area (Å²) < 4.78 is 11.9. The average molecular weight is 511 g/mol. The van der Waals surface area contributed by atoms with E-state index in [0.717, 1.165) is 17.0 Å². The molecule has 0 bridgehead atoms. The molecule has 1 unspecified atom stereocenters. The normalized spacial score (nSPS) is 19.9. The van der Waals surface area contributed by atoms with Gasteiger partial charge in [0.25, 0.3) is 5.91 Å². The molecular formula is C27H31ClN4O4. The predicted molar refractivity (Wildman–Crippen MR) is 141 cm³/mol. The van der Waals surface area contributed by atoms with Crippen molar-refractivity contribution in [2.75, 3.05) is 25.5 Å². The molecule has 8 nitrogen and oxygen atoms in total. The van der Waals surface area contributed by atoms with E-state index < -0.39 is 17.3 Å². The molecule has 1 atom stereocenters. The summed E-state index contributed by atoms with van der Waals surface area (Å²) in [5.41, 5.74) is 1.01. The molecule has 2 N–H and O–H groups in total. The number of hydrogen-bond acceptors (Lipinski definition) is 6. The number of nitrogens with zero attached hydrogens (tertiary/aromatic N) is 2. The van der Waals surface area contributed by atoms with Crippen LogP contribution in [-0.4, -0.2) is 60.2 Å². The van der Waals surface area contributed by atoms with E-state index in [4.69, 9.17) is 26.5 Å². The number of carbonyl (C=O) groups excluding carboxylic acids is 2. The zero-order valence-electron chi connectivity index (χ0n) is 20.9. The van der Waals surface area contributed by atoms with Gasteiger partial charge >= 0.3 is 6.09 Å². The van der Waals surface area contributed by atoms with Gasteiger partial charge in [-0.05, 0) is 51.1 Å². The molecule has 2 heterocycles. The van der Waals surface area contributed by atoms with Gasteiger partial charge in [-0.3, -0.25) is 15.1 Å². The van der Waals surface area contributed by atoms with E-state index in [1.54, 1.807) is 50.9 Å². The largest absolute Gasteiger partial charge is 0.485 e. The monoisotopic (exact) mass is 510 g/mol. The van der Waals surface area contributed by atoms with Crippen LogP contribution in [0.25, 0.3) is 0 Å². The molecule has 4 rings (SSSR count). The summed E-state index contributed by atoms with van der Waals surface area (Å²) in [4.78, 5) is 32.1. The Bertz CT molecular complexity index is 1210. The van der Waals surface area contributed by atoms with Crippen molar-refractivity contribution in [3.63, 3.8) is 0 Å². The van der Waals surface area contributed by atoms with Gasteiger partial charge in [0.15, 0.2) is 0 Å². The maximum Gasteiger partial charge on any atom is 0.412 e. The minimum Gasteiger partial charge on any atom is -0.485 e. The number of hydrogen-bond donors (Lipinski definition) is 2. The Morgan fingerprint density at radius 2 is 1.92 bits per heavy atom. The highest BCUT2D eigenvalue weighted by atomic mass is 35.5. The molecular weight excluding hydrogens is 480 g/mol. The number of fused-ring (bicyclic) bond motifs is 1. The molecule has 2 aromatic carbocycles. The maximum atomic E-state index is 13.5. The first kappa shape index (κ1) is 25.7. The number of anilines is 1. The van der Waals surface area contributed by atoms with Gasteiger partial charge in [-0.2, -0.15) is 0 Å². The van der Waals surface area contributed by atoms with Crippen LogP contribution in [0.2, 0.25) is 5.02 Å². The third-order valence-electron chi connectivity index (χ3n) is 6.49. The summed E-state index contributed by atoms with van der Waals surface area (Å²) in [5.74, 6) is 0.215. The van der Waals surface area contributed by atoms with Gasteiger partial charge in [0.05, 0.1) is 22.9 Å². The standard InChI is InChI=1S/C27H31ClN4O4/c1-26(2,3)36-25(34)31-21-15-17(28)9-10-18(21)24(33)32-13-11-27(12-14-32)20(16-29)23(30-4)19-7-5-6-8-22(19)35-27/h5-10,15-16,20,29H,11-14H2,1-4H3,(H,31,34). The molecule has 2 amide bonds. The van der Waals surface area contributed by atoms with E-state index in [-0.39, 0.29) is 11.8 Å². The molecule has 0 aliphatic carbocycles. The molecule has 1 fully saturated rings. The Morgan fingerprint density at radius 1 is 1.22 bits per heavy atom. The van der Waals surface area contributed by atoms with E-state index in [0.29, 0.717) is 42.2 Å². The van der Waals surface area contributed by atoms with E-state index in [9.17, 15) is 9.59 Å². The summed E-state index contributed by atoms with van der Waals surface area (Å²) in [5, 5.41) is 11.2. The molecule has 2 aliphatic rings. The Kier molecular flexibility index (Phi) is 7.09. The van der Waals surface area contributed by atoms with Gasteiger partial charge in [0.1, 0.15) is 17.0 Å². The van der Waals surface area contributed by atoms with Crippen molar-refractivity contribution in [2.24, 2.45) is 10.9 Å². The van der Waals surface area contributed by atoms with Crippen molar-refractivity contribution in [2.45, 2.75) is 44.8 Å². The molecule has 0 radical (unpaired) electrons. The predicted octanol–water partition coefficient (Wildman–Crippen LogP) is 5.44. The van der Waals surface area contributed by atoms with E-state index in [1.807, 2.05) is 24.3 Å². The highest BCUT2D eigenvalue weighted by Crippen LogP contribution is 2.43. The van der Waals surface area contributed by atoms with Crippen molar-refractivity contribution < 1.29 is 19.1 Å². The van der Waals surface area contributed by atoms with Crippen LogP contribution in [0.1, 0.15) is 49.5 Å². The van der Waals surface area contributed by atoms with Gasteiger partial charge in [-0.15, -0.1) is 0 Å². The van der Waals surface area contributed by atoms with E-state index in [1.165, 1.54) is 6.21 Å². The van der Waals surface area contributed by atoms with Crippen LogP contribution in [0, 0.1) is 11.3 Å². The third-order valence-corrected chi connectivity index (χ3v) is 6.72. The van der Waals surface area contributed by atoms with Crippen molar-refractivity contribution in [1.29, 1.82) is 5.41 Å². The average Bonchev–Trinajstić information content (AvgIpc) is 2.82. The number of likely N-dealkylation sites (tertiary alicyclic amines) is 1. The highest BCUT2D eigenvalue weighted by molar-refractivity contribution is 6.31. The first-order valence-corrected chi connectivity index (χ1v) is 12.3. The van der Waals surface area contributed by atoms with Crippen LogP contribution >= 0.6 is 11.6 Å². The second kappa shape index (κ2) is 9.93. The number of amides is 2. The van der Waals surface area contributed by atoms with Gasteiger partial charge in [-0.1, -0.05) is 23.7 Å². The van der Waals surface area contributed by atoms with Gasteiger partial charge in [0, 0.05) is 49.8 Å². The van der Waals surface area contributed by atoms with E-state index >= 15 is 0 Å². The fourth-order valence-electron chi connectivity index (χ4n) is 4.85. The number of aliphatic imine (C=N–C) groups is 1. The third kappa shape index (κ3) is 5.09. The number of para-hydroxylation sites is 1. The number of carbonyl (C=O) groups is 2. The number of rotatable bonds is 3. The maximum absolute atomic E-state index is 13.5. The van der Waals surface area contributed by atoms with Gasteiger partial charge in [0.2, 0.25) is 0 Å². The Hall–Kier alpha value is -3.39. The van der Waals surface area contributed by atoms with Crippen molar-refractivity contribution in [3.05, 3.63) is 58.6 Å². The number of nitrogens with one attached hydrogen (secondary N) is 2. The van der Waals surface area contributed by atoms with Crippen LogP contribution < -0.4 is 10.1 Å². The Balaban J connectivity index is 1.54. The number of ether oxygens (including phenoxy) is 2. The van der Waals surface area contributed by atoms with Crippen molar-refractivity contribution in [3.8, 4) is 5.75 Å². The summed E-state index contributed by atoms with van der Waals surface area (Å²) >= 11 is 6.16. The first-order chi connectivity index (χ1) is 17.1. The number of piperidine rings is 1. The second-order valence-electron chi connectivity index (χ2n) is 10.0. The number of benzene rings is 2. The summed E-state index contributed by atoms with van der Waals surface area (Å²) in [7, 11) is 1.74. The Labute approximate surface area is 216 Å². The number of halogens is 1. The van der Waals surface area contributed by atoms with Crippen LogP contribution in [0.3, 0.4) is 0 Å². The lowest BCUT2D eigenvalue weighted by molar-refractivity contribution is -0.00858. The SMILES string of the molecule is CN=C1c2ccccc2OC2(CCN(C(=O)c3ccc(Cl)cc3NC(=O)OC(C)(C)C)CC2)C1C=N. The molecule has 9 heteroatoms. The zero-order valence-corrected chi connectivity index (χ0v) is 21.7. The van der Waals surface area contributed by atoms with Gasteiger partial charge < -0.3 is 19.8 Å². The quantitative estimate of drug-likeness (QED) is 0.536. The fourth-order valence-corrected chi connectivity index (χ4v) is 5.02. The molecule has 0 saturated carbocycles. The lowest BCUT2D eigenvalue weighted by atomic mass is 9.73. The topological polar surface area (TPSA) is 104 Å². The Morgan fingerprint density at radius 3 is 2.56 bits per heavy atom. The molecule has 190 valence electrons. The lowest BCUT2D eigenvalue weighted by Gasteiger charge is -2.48. The van der Waals surface area contributed by atoms with Crippen LogP contribution in [0.15, 0.2) is 47.5 Å².